The van der Waals surface area contributed by atoms with E-state index in [2.05, 4.69) is 5.32 Å². The van der Waals surface area contributed by atoms with Crippen LogP contribution < -0.4 is 10.1 Å². The molecule has 0 bridgehead atoms. The molecule has 1 aliphatic rings. The number of carbonyl (C=O) groups is 2. The van der Waals surface area contributed by atoms with Crippen molar-refractivity contribution >= 4 is 17.5 Å². The fraction of sp³-hybridized carbons (Fsp3) is 0.238. The summed E-state index contributed by atoms with van der Waals surface area (Å²) >= 11 is 0. The lowest BCUT2D eigenvalue weighted by Gasteiger charge is -2.35. The maximum absolute atomic E-state index is 12.8. The molecule has 1 heterocycles. The number of amides is 2. The van der Waals surface area contributed by atoms with E-state index in [1.807, 2.05) is 62.4 Å². The van der Waals surface area contributed by atoms with Crippen LogP contribution in [0.5, 0.6) is 5.75 Å². The normalized spacial score (nSPS) is 16.9. The Kier molecular flexibility index (Phi) is 5.37. The van der Waals surface area contributed by atoms with Crippen LogP contribution in [0.25, 0.3) is 5.70 Å². The highest BCUT2D eigenvalue weighted by Gasteiger charge is 2.35. The zero-order chi connectivity index (χ0) is 18.5. The third-order valence-electron chi connectivity index (χ3n) is 4.20. The van der Waals surface area contributed by atoms with Crippen LogP contribution in [0.15, 0.2) is 66.9 Å². The van der Waals surface area contributed by atoms with Crippen LogP contribution in [0.3, 0.4) is 0 Å². The second-order valence-corrected chi connectivity index (χ2v) is 6.49. The predicted molar refractivity (Wildman–Crippen MR) is 100.0 cm³/mol. The van der Waals surface area contributed by atoms with Gasteiger partial charge < -0.3 is 15.0 Å². The molecule has 5 nitrogen and oxygen atoms in total. The summed E-state index contributed by atoms with van der Waals surface area (Å²) < 4.78 is 5.57. The van der Waals surface area contributed by atoms with Gasteiger partial charge in [0, 0.05) is 6.20 Å². The van der Waals surface area contributed by atoms with Crippen LogP contribution in [-0.2, 0) is 9.59 Å². The molecular weight excluding hydrogens is 328 g/mol. The summed E-state index contributed by atoms with van der Waals surface area (Å²) in [5.74, 6) is 0.158. The minimum Gasteiger partial charge on any atom is -0.484 e. The molecule has 1 N–H and O–H groups in total. The van der Waals surface area contributed by atoms with Crippen LogP contribution in [0.1, 0.15) is 19.4 Å². The lowest BCUT2D eigenvalue weighted by molar-refractivity contribution is -0.140. The summed E-state index contributed by atoms with van der Waals surface area (Å²) in [6.07, 6.45) is 1.71. The van der Waals surface area contributed by atoms with E-state index in [-0.39, 0.29) is 24.3 Å². The van der Waals surface area contributed by atoms with E-state index in [0.717, 1.165) is 5.56 Å². The van der Waals surface area contributed by atoms with Gasteiger partial charge in [-0.05, 0) is 23.6 Å². The van der Waals surface area contributed by atoms with Gasteiger partial charge in [0.25, 0.3) is 5.91 Å². The Morgan fingerprint density at radius 1 is 1.08 bits per heavy atom. The predicted octanol–water partition coefficient (Wildman–Crippen LogP) is 3.05. The molecule has 0 aromatic heterocycles. The Morgan fingerprint density at radius 3 is 2.31 bits per heavy atom. The van der Waals surface area contributed by atoms with Gasteiger partial charge in [0.15, 0.2) is 6.61 Å². The first-order chi connectivity index (χ1) is 12.6. The van der Waals surface area contributed by atoms with Crippen molar-refractivity contribution in [2.45, 2.75) is 19.9 Å². The molecule has 1 atom stereocenters. The number of benzene rings is 2. The topological polar surface area (TPSA) is 58.6 Å². The smallest absolute Gasteiger partial charge is 0.265 e. The van der Waals surface area contributed by atoms with Gasteiger partial charge in [0.1, 0.15) is 11.8 Å². The third-order valence-corrected chi connectivity index (χ3v) is 4.20. The molecule has 2 aromatic carbocycles. The number of para-hydroxylation sites is 1. The fourth-order valence-electron chi connectivity index (χ4n) is 2.94. The quantitative estimate of drug-likeness (QED) is 0.902. The first kappa shape index (κ1) is 17.7. The molecule has 26 heavy (non-hydrogen) atoms. The fourth-order valence-corrected chi connectivity index (χ4v) is 2.94. The van der Waals surface area contributed by atoms with Crippen molar-refractivity contribution in [1.82, 2.24) is 10.2 Å². The summed E-state index contributed by atoms with van der Waals surface area (Å²) in [4.78, 5) is 26.9. The monoisotopic (exact) mass is 350 g/mol. The van der Waals surface area contributed by atoms with Gasteiger partial charge in [0.05, 0.1) is 5.70 Å². The minimum atomic E-state index is -0.561. The molecule has 0 saturated heterocycles. The van der Waals surface area contributed by atoms with Gasteiger partial charge in [-0.3, -0.25) is 9.59 Å². The molecule has 0 saturated carbocycles. The van der Waals surface area contributed by atoms with Crippen molar-refractivity contribution in [2.75, 3.05) is 6.61 Å². The number of hydrogen-bond acceptors (Lipinski definition) is 3. The summed E-state index contributed by atoms with van der Waals surface area (Å²) in [7, 11) is 0. The summed E-state index contributed by atoms with van der Waals surface area (Å²) in [6.45, 7) is 3.72. The van der Waals surface area contributed by atoms with E-state index in [1.54, 1.807) is 18.3 Å². The second kappa shape index (κ2) is 7.87. The van der Waals surface area contributed by atoms with Gasteiger partial charge in [-0.2, -0.15) is 0 Å². The number of nitrogens with one attached hydrogen (secondary N) is 1. The average molecular weight is 350 g/mol. The van der Waals surface area contributed by atoms with Crippen molar-refractivity contribution in [1.29, 1.82) is 0 Å². The standard InChI is InChI=1S/C21H22N2O3/c1-15(2)20-21(25)22-18(16-9-5-3-6-10-16)13-23(20)19(24)14-26-17-11-7-4-8-12-17/h3-13,15,20H,14H2,1-2H3,(H,22,25)/t20-/m0/s1. The lowest BCUT2D eigenvalue weighted by atomic mass is 9.98. The van der Waals surface area contributed by atoms with Crippen molar-refractivity contribution in [3.8, 4) is 5.75 Å². The molecular formula is C21H22N2O3. The maximum atomic E-state index is 12.8. The van der Waals surface area contributed by atoms with Crippen LogP contribution in [-0.4, -0.2) is 29.4 Å². The second-order valence-electron chi connectivity index (χ2n) is 6.49. The molecule has 2 aromatic rings. The van der Waals surface area contributed by atoms with E-state index < -0.39 is 6.04 Å². The first-order valence-electron chi connectivity index (χ1n) is 8.63. The van der Waals surface area contributed by atoms with Crippen molar-refractivity contribution in [3.63, 3.8) is 0 Å². The average Bonchev–Trinajstić information content (AvgIpc) is 2.66. The number of hydrogen-bond donors (Lipinski definition) is 1. The summed E-state index contributed by atoms with van der Waals surface area (Å²) in [5, 5.41) is 2.91. The molecule has 134 valence electrons. The third kappa shape index (κ3) is 3.94. The van der Waals surface area contributed by atoms with E-state index in [1.165, 1.54) is 4.90 Å². The highest BCUT2D eigenvalue weighted by Crippen LogP contribution is 2.23. The maximum Gasteiger partial charge on any atom is 0.265 e. The van der Waals surface area contributed by atoms with E-state index in [9.17, 15) is 9.59 Å². The van der Waals surface area contributed by atoms with Crippen LogP contribution in [0.2, 0.25) is 0 Å². The Hall–Kier alpha value is -3.08. The van der Waals surface area contributed by atoms with Crippen molar-refractivity contribution < 1.29 is 14.3 Å². The SMILES string of the molecule is CC(C)[C@H]1C(=O)NC(c2ccccc2)=CN1C(=O)COc1ccccc1. The minimum absolute atomic E-state index is 0.0238. The molecule has 0 spiro atoms. The van der Waals surface area contributed by atoms with Gasteiger partial charge in [-0.15, -0.1) is 0 Å². The molecule has 2 amide bonds. The van der Waals surface area contributed by atoms with Crippen LogP contribution >= 0.6 is 0 Å². The van der Waals surface area contributed by atoms with Gasteiger partial charge >= 0.3 is 0 Å². The van der Waals surface area contributed by atoms with E-state index in [4.69, 9.17) is 4.74 Å². The van der Waals surface area contributed by atoms with Crippen molar-refractivity contribution in [2.24, 2.45) is 5.92 Å². The number of rotatable bonds is 5. The lowest BCUT2D eigenvalue weighted by Crippen LogP contribution is -2.54. The van der Waals surface area contributed by atoms with Gasteiger partial charge in [-0.25, -0.2) is 0 Å². The zero-order valence-electron chi connectivity index (χ0n) is 14.9. The van der Waals surface area contributed by atoms with Gasteiger partial charge in [-0.1, -0.05) is 62.4 Å². The Labute approximate surface area is 153 Å². The van der Waals surface area contributed by atoms with E-state index >= 15 is 0 Å². The number of ether oxygens (including phenoxy) is 1. The van der Waals surface area contributed by atoms with Crippen molar-refractivity contribution in [3.05, 3.63) is 72.4 Å². The highest BCUT2D eigenvalue weighted by atomic mass is 16.5. The Balaban J connectivity index is 1.84. The molecule has 1 aliphatic heterocycles. The molecule has 3 rings (SSSR count). The van der Waals surface area contributed by atoms with Gasteiger partial charge in [0.2, 0.25) is 5.91 Å². The number of carbonyl (C=O) groups excluding carboxylic acids is 2. The highest BCUT2D eigenvalue weighted by molar-refractivity contribution is 5.97. The van der Waals surface area contributed by atoms with Crippen LogP contribution in [0.4, 0.5) is 0 Å². The molecule has 0 fully saturated rings. The zero-order valence-corrected chi connectivity index (χ0v) is 14.9. The molecule has 5 heteroatoms. The summed E-state index contributed by atoms with van der Waals surface area (Å²) in [6, 6.07) is 18.1. The molecule has 0 unspecified atom stereocenters. The first-order valence-corrected chi connectivity index (χ1v) is 8.63. The molecule has 0 radical (unpaired) electrons. The van der Waals surface area contributed by atoms with E-state index in [0.29, 0.717) is 11.4 Å². The summed E-state index contributed by atoms with van der Waals surface area (Å²) in [5.41, 5.74) is 1.46. The Morgan fingerprint density at radius 2 is 1.69 bits per heavy atom. The molecule has 0 aliphatic carbocycles. The van der Waals surface area contributed by atoms with Crippen LogP contribution in [0, 0.1) is 5.92 Å². The number of nitrogens with zero attached hydrogens (tertiary/aromatic N) is 1. The Bertz CT molecular complexity index is 801. The largest absolute Gasteiger partial charge is 0.484 e.